The monoisotopic (exact) mass is 491 g/mol. The third kappa shape index (κ3) is 1.99. The van der Waals surface area contributed by atoms with Gasteiger partial charge in [0.15, 0.2) is 0 Å². The highest BCUT2D eigenvalue weighted by Crippen LogP contribution is 2.55. The Kier molecular flexibility index (Phi) is 3.32. The SMILES string of the molecule is CC1C=CC=C2c3c(cc4ccc5c6cccc(Br)c6n6c7ccccc7c3c4c56)SC21. The van der Waals surface area contributed by atoms with E-state index in [1.165, 1.54) is 64.9 Å². The van der Waals surface area contributed by atoms with Gasteiger partial charge in [-0.15, -0.1) is 11.8 Å². The first-order valence-corrected chi connectivity index (χ1v) is 12.8. The number of pyridine rings is 1. The minimum Gasteiger partial charge on any atom is -0.307 e. The highest BCUT2D eigenvalue weighted by molar-refractivity contribution is 9.10. The Labute approximate surface area is 197 Å². The first kappa shape index (κ1) is 17.8. The largest absolute Gasteiger partial charge is 0.307 e. The van der Waals surface area contributed by atoms with Crippen LogP contribution in [0.4, 0.5) is 0 Å². The molecule has 8 rings (SSSR count). The van der Waals surface area contributed by atoms with Crippen molar-refractivity contribution in [3.63, 3.8) is 0 Å². The molecular formula is C29H18BrNS. The van der Waals surface area contributed by atoms with Crippen LogP contribution in [0.25, 0.3) is 54.4 Å². The third-order valence-corrected chi connectivity index (χ3v) is 9.55. The second kappa shape index (κ2) is 5.98. The molecule has 0 fully saturated rings. The topological polar surface area (TPSA) is 4.41 Å². The Balaban J connectivity index is 1.73. The predicted molar refractivity (Wildman–Crippen MR) is 142 cm³/mol. The van der Waals surface area contributed by atoms with Crippen LogP contribution in [0.5, 0.6) is 0 Å². The molecule has 2 unspecified atom stereocenters. The van der Waals surface area contributed by atoms with Gasteiger partial charge in [-0.1, -0.05) is 67.6 Å². The van der Waals surface area contributed by atoms with Gasteiger partial charge in [0, 0.05) is 47.1 Å². The minimum absolute atomic E-state index is 0.507. The standard InChI is InChI=1S/C29H18BrNS/c1-15-6-4-9-20-25-23(32-29(15)20)14-16-12-13-18-17-8-5-10-21(30)27(17)31-22-11-3-2-7-19(22)26(25)24(16)28(18)31/h2-15,29H,1H3. The summed E-state index contributed by atoms with van der Waals surface area (Å²) < 4.78 is 3.63. The summed E-state index contributed by atoms with van der Waals surface area (Å²) in [6, 6.07) is 22.6. The zero-order valence-corrected chi connectivity index (χ0v) is 19.8. The minimum atomic E-state index is 0.507. The van der Waals surface area contributed by atoms with E-state index in [0.29, 0.717) is 11.2 Å². The number of para-hydroxylation sites is 2. The van der Waals surface area contributed by atoms with Gasteiger partial charge in [0.1, 0.15) is 0 Å². The lowest BCUT2D eigenvalue weighted by molar-refractivity contribution is 0.770. The molecule has 4 aromatic carbocycles. The smallest absolute Gasteiger partial charge is 0.0683 e. The van der Waals surface area contributed by atoms with Gasteiger partial charge in [0.05, 0.1) is 16.6 Å². The summed E-state index contributed by atoms with van der Waals surface area (Å²) in [6.45, 7) is 2.35. The van der Waals surface area contributed by atoms with E-state index in [1.54, 1.807) is 0 Å². The lowest BCUT2D eigenvalue weighted by Crippen LogP contribution is -2.12. The van der Waals surface area contributed by atoms with Gasteiger partial charge >= 0.3 is 0 Å². The van der Waals surface area contributed by atoms with Gasteiger partial charge in [-0.25, -0.2) is 0 Å². The molecule has 1 nitrogen and oxygen atoms in total. The quantitative estimate of drug-likeness (QED) is 0.151. The van der Waals surface area contributed by atoms with E-state index in [1.807, 2.05) is 11.8 Å². The highest BCUT2D eigenvalue weighted by atomic mass is 79.9. The van der Waals surface area contributed by atoms with Gasteiger partial charge < -0.3 is 4.40 Å². The normalized spacial score (nSPS) is 20.1. The maximum Gasteiger partial charge on any atom is 0.0683 e. The molecule has 0 N–H and O–H groups in total. The number of fused-ring (bicyclic) bond motifs is 10. The van der Waals surface area contributed by atoms with E-state index in [9.17, 15) is 0 Å². The second-order valence-corrected chi connectivity index (χ2v) is 11.1. The van der Waals surface area contributed by atoms with Gasteiger partial charge in [-0.2, -0.15) is 0 Å². The predicted octanol–water partition coefficient (Wildman–Crippen LogP) is 8.82. The van der Waals surface area contributed by atoms with Crippen LogP contribution < -0.4 is 0 Å². The molecule has 6 aromatic rings. The summed E-state index contributed by atoms with van der Waals surface area (Å²) >= 11 is 5.91. The Hall–Kier alpha value is -2.75. The van der Waals surface area contributed by atoms with Crippen molar-refractivity contribution in [1.29, 1.82) is 0 Å². The Morgan fingerprint density at radius 3 is 2.66 bits per heavy atom. The van der Waals surface area contributed by atoms with Crippen molar-refractivity contribution in [2.75, 3.05) is 0 Å². The van der Waals surface area contributed by atoms with Crippen molar-refractivity contribution in [2.24, 2.45) is 5.92 Å². The summed E-state index contributed by atoms with van der Waals surface area (Å²) in [4.78, 5) is 1.43. The van der Waals surface area contributed by atoms with Crippen LogP contribution >= 0.6 is 27.7 Å². The van der Waals surface area contributed by atoms with Gasteiger partial charge in [0.25, 0.3) is 0 Å². The maximum atomic E-state index is 3.86. The molecule has 3 heterocycles. The van der Waals surface area contributed by atoms with Crippen LogP contribution in [0.3, 0.4) is 0 Å². The number of benzene rings is 4. The van der Waals surface area contributed by atoms with Crippen molar-refractivity contribution in [3.8, 4) is 0 Å². The fraction of sp³-hybridized carbons (Fsp3) is 0.103. The maximum absolute atomic E-state index is 3.86. The molecule has 0 bridgehead atoms. The average Bonchev–Trinajstić information content (AvgIpc) is 3.36. The van der Waals surface area contributed by atoms with Crippen LogP contribution in [0, 0.1) is 5.92 Å². The van der Waals surface area contributed by atoms with Crippen molar-refractivity contribution >= 4 is 82.1 Å². The van der Waals surface area contributed by atoms with Crippen molar-refractivity contribution < 1.29 is 0 Å². The van der Waals surface area contributed by atoms with E-state index in [0.717, 1.165) is 4.47 Å². The molecule has 2 atom stereocenters. The fourth-order valence-corrected chi connectivity index (χ4v) is 8.07. The molecule has 0 saturated carbocycles. The van der Waals surface area contributed by atoms with Crippen molar-refractivity contribution in [1.82, 2.24) is 4.40 Å². The summed E-state index contributed by atoms with van der Waals surface area (Å²) in [5.41, 5.74) is 6.83. The number of allylic oxidation sites excluding steroid dienone is 3. The second-order valence-electron chi connectivity index (χ2n) is 9.08. The first-order valence-electron chi connectivity index (χ1n) is 11.1. The Morgan fingerprint density at radius 1 is 0.875 bits per heavy atom. The van der Waals surface area contributed by atoms with Crippen LogP contribution in [0.1, 0.15) is 12.5 Å². The van der Waals surface area contributed by atoms with E-state index >= 15 is 0 Å². The van der Waals surface area contributed by atoms with Crippen LogP contribution in [0.15, 0.2) is 88.3 Å². The van der Waals surface area contributed by atoms with E-state index < -0.39 is 0 Å². The van der Waals surface area contributed by atoms with Crippen LogP contribution in [-0.2, 0) is 0 Å². The molecule has 2 aliphatic rings. The Bertz CT molecular complexity index is 1840. The zero-order valence-electron chi connectivity index (χ0n) is 17.4. The van der Waals surface area contributed by atoms with Crippen molar-refractivity contribution in [2.45, 2.75) is 17.1 Å². The lowest BCUT2D eigenvalue weighted by Gasteiger charge is -2.21. The molecule has 0 radical (unpaired) electrons. The van der Waals surface area contributed by atoms with Crippen molar-refractivity contribution in [3.05, 3.63) is 88.9 Å². The number of hydrogen-bond acceptors (Lipinski definition) is 1. The number of thioether (sulfide) groups is 1. The molecule has 152 valence electrons. The average molecular weight is 492 g/mol. The summed E-state index contributed by atoms with van der Waals surface area (Å²) in [5.74, 6) is 0.545. The number of nitrogens with zero attached hydrogens (tertiary/aromatic N) is 1. The number of rotatable bonds is 0. The van der Waals surface area contributed by atoms with Gasteiger partial charge in [0.2, 0.25) is 0 Å². The number of halogens is 1. The molecule has 3 heteroatoms. The first-order chi connectivity index (χ1) is 15.7. The molecule has 32 heavy (non-hydrogen) atoms. The summed E-state index contributed by atoms with van der Waals surface area (Å²) in [7, 11) is 0. The number of hydrogen-bond donors (Lipinski definition) is 0. The molecule has 0 saturated heterocycles. The Morgan fingerprint density at radius 2 is 1.72 bits per heavy atom. The van der Waals surface area contributed by atoms with Gasteiger partial charge in [-0.3, -0.25) is 0 Å². The summed E-state index contributed by atoms with van der Waals surface area (Å²) in [6.07, 6.45) is 6.96. The van der Waals surface area contributed by atoms with Crippen LogP contribution in [0.2, 0.25) is 0 Å². The molecule has 1 aliphatic heterocycles. The molecule has 0 amide bonds. The fourth-order valence-electron chi connectivity index (χ4n) is 6.09. The third-order valence-electron chi connectivity index (χ3n) is 7.40. The molecule has 2 aromatic heterocycles. The van der Waals surface area contributed by atoms with Gasteiger partial charge in [-0.05, 0) is 51.0 Å². The van der Waals surface area contributed by atoms with E-state index in [2.05, 4.69) is 106 Å². The summed E-state index contributed by atoms with van der Waals surface area (Å²) in [5, 5.41) is 8.65. The molecular weight excluding hydrogens is 474 g/mol. The van der Waals surface area contributed by atoms with E-state index in [-0.39, 0.29) is 0 Å². The van der Waals surface area contributed by atoms with Crippen LogP contribution in [-0.4, -0.2) is 9.65 Å². The molecule has 1 aliphatic carbocycles. The molecule has 0 spiro atoms. The number of aromatic nitrogens is 1. The lowest BCUT2D eigenvalue weighted by atomic mass is 9.86. The highest BCUT2D eigenvalue weighted by Gasteiger charge is 2.35. The zero-order chi connectivity index (χ0) is 21.1. The van der Waals surface area contributed by atoms with E-state index in [4.69, 9.17) is 0 Å².